The smallest absolute Gasteiger partial charge is 0.287 e. The minimum atomic E-state index is -2.70. The van der Waals surface area contributed by atoms with Crippen LogP contribution in [0.2, 0.25) is 0 Å². The van der Waals surface area contributed by atoms with Gasteiger partial charge < -0.3 is 15.0 Å². The van der Waals surface area contributed by atoms with E-state index < -0.39 is 35.3 Å². The van der Waals surface area contributed by atoms with Crippen molar-refractivity contribution in [2.75, 3.05) is 17.3 Å². The van der Waals surface area contributed by atoms with Crippen LogP contribution in [0.1, 0.15) is 18.9 Å². The fourth-order valence-electron chi connectivity index (χ4n) is 3.75. The quantitative estimate of drug-likeness (QED) is 0.748. The maximum atomic E-state index is 15.2. The summed E-state index contributed by atoms with van der Waals surface area (Å²) in [5.41, 5.74) is 5.92. The van der Waals surface area contributed by atoms with E-state index in [2.05, 4.69) is 4.98 Å². The molecular formula is C20H21F3N4O3S. The van der Waals surface area contributed by atoms with Gasteiger partial charge in [-0.25, -0.2) is 18.2 Å². The van der Waals surface area contributed by atoms with Crippen LogP contribution in [0.15, 0.2) is 18.3 Å². The summed E-state index contributed by atoms with van der Waals surface area (Å²) in [6.07, 6.45) is -0.901. The Balaban J connectivity index is 1.74. The maximum absolute atomic E-state index is 15.2. The molecule has 166 valence electrons. The molecule has 0 spiro atoms. The molecule has 1 aromatic carbocycles. The van der Waals surface area contributed by atoms with Crippen molar-refractivity contribution >= 4 is 28.7 Å². The van der Waals surface area contributed by atoms with E-state index in [4.69, 9.17) is 10.5 Å². The number of carbonyl (C=O) groups is 2. The number of primary amides is 1. The molecule has 1 aromatic heterocycles. The van der Waals surface area contributed by atoms with Crippen LogP contribution in [0.4, 0.5) is 23.8 Å². The van der Waals surface area contributed by atoms with Crippen LogP contribution >= 0.6 is 11.8 Å². The lowest BCUT2D eigenvalue weighted by atomic mass is 9.98. The molecule has 2 amide bonds. The molecule has 1 saturated heterocycles. The predicted octanol–water partition coefficient (Wildman–Crippen LogP) is 3.44. The SMILES string of the molecule is C[C@H](Cc1ccc2c(c1F)OCCn1cc(N3C(=O)SCC[C@H]3C(F)F)nc1-2)C(N)=O. The van der Waals surface area contributed by atoms with E-state index in [-0.39, 0.29) is 36.6 Å². The van der Waals surface area contributed by atoms with E-state index in [1.54, 1.807) is 17.6 Å². The fraction of sp³-hybridized carbons (Fsp3) is 0.450. The second-order valence-corrected chi connectivity index (χ2v) is 8.61. The van der Waals surface area contributed by atoms with Crippen LogP contribution < -0.4 is 15.4 Å². The zero-order chi connectivity index (χ0) is 22.3. The Hall–Kier alpha value is -2.69. The van der Waals surface area contributed by atoms with Crippen molar-refractivity contribution in [1.82, 2.24) is 9.55 Å². The molecule has 11 heteroatoms. The zero-order valence-corrected chi connectivity index (χ0v) is 17.5. The second-order valence-electron chi connectivity index (χ2n) is 7.56. The molecule has 4 rings (SSSR count). The van der Waals surface area contributed by atoms with Gasteiger partial charge in [0.2, 0.25) is 5.91 Å². The monoisotopic (exact) mass is 454 g/mol. The standard InChI is InChI=1S/C20H21F3N4O3S/c1-10(18(24)28)8-11-2-3-12-16(15(11)21)30-6-5-26-9-14(25-19(12)26)27-13(17(22)23)4-7-31-20(27)29/h2-3,9-10,13,17H,4-8H2,1H3,(H2,24,28)/t10-,13+/m1/s1. The Morgan fingerprint density at radius 3 is 2.90 bits per heavy atom. The third-order valence-corrected chi connectivity index (χ3v) is 6.36. The first-order valence-corrected chi connectivity index (χ1v) is 10.8. The molecular weight excluding hydrogens is 433 g/mol. The Bertz CT molecular complexity index is 1030. The predicted molar refractivity (Wildman–Crippen MR) is 110 cm³/mol. The number of benzene rings is 1. The van der Waals surface area contributed by atoms with Gasteiger partial charge in [0.1, 0.15) is 18.5 Å². The molecule has 2 N–H and O–H groups in total. The number of ether oxygens (including phenoxy) is 1. The number of aromatic nitrogens is 2. The summed E-state index contributed by atoms with van der Waals surface area (Å²) in [4.78, 5) is 29.2. The van der Waals surface area contributed by atoms with E-state index in [9.17, 15) is 18.4 Å². The van der Waals surface area contributed by atoms with Gasteiger partial charge in [-0.15, -0.1) is 0 Å². The number of nitrogens with zero attached hydrogens (tertiary/aromatic N) is 3. The highest BCUT2D eigenvalue weighted by Crippen LogP contribution is 2.39. The van der Waals surface area contributed by atoms with Crippen molar-refractivity contribution in [3.63, 3.8) is 0 Å². The Kier molecular flexibility index (Phi) is 5.87. The van der Waals surface area contributed by atoms with Crippen LogP contribution in [0.25, 0.3) is 11.4 Å². The minimum Gasteiger partial charge on any atom is -0.488 e. The highest BCUT2D eigenvalue weighted by Gasteiger charge is 2.38. The first kappa shape index (κ1) is 21.5. The van der Waals surface area contributed by atoms with Crippen molar-refractivity contribution in [3.8, 4) is 17.1 Å². The number of imidazole rings is 1. The van der Waals surface area contributed by atoms with Gasteiger partial charge in [-0.2, -0.15) is 0 Å². The summed E-state index contributed by atoms with van der Waals surface area (Å²) in [6, 6.07) is 1.90. The number of hydrogen-bond acceptors (Lipinski definition) is 5. The van der Waals surface area contributed by atoms with Crippen molar-refractivity contribution in [3.05, 3.63) is 29.7 Å². The molecule has 0 radical (unpaired) electrons. The number of halogens is 3. The van der Waals surface area contributed by atoms with Crippen molar-refractivity contribution in [2.24, 2.45) is 11.7 Å². The molecule has 1 fully saturated rings. The van der Waals surface area contributed by atoms with E-state index in [1.165, 1.54) is 12.3 Å². The molecule has 0 unspecified atom stereocenters. The molecule has 2 atom stereocenters. The molecule has 31 heavy (non-hydrogen) atoms. The van der Waals surface area contributed by atoms with E-state index in [0.29, 0.717) is 23.7 Å². The summed E-state index contributed by atoms with van der Waals surface area (Å²) < 4.78 is 49.5. The highest BCUT2D eigenvalue weighted by molar-refractivity contribution is 8.14. The van der Waals surface area contributed by atoms with E-state index >= 15 is 4.39 Å². The van der Waals surface area contributed by atoms with Gasteiger partial charge in [-0.1, -0.05) is 24.8 Å². The third kappa shape index (κ3) is 3.98. The van der Waals surface area contributed by atoms with E-state index in [1.807, 2.05) is 0 Å². The summed E-state index contributed by atoms with van der Waals surface area (Å²) in [5.74, 6) is -0.960. The molecule has 0 aliphatic carbocycles. The zero-order valence-electron chi connectivity index (χ0n) is 16.7. The summed E-state index contributed by atoms with van der Waals surface area (Å²) >= 11 is 0.972. The van der Waals surface area contributed by atoms with Gasteiger partial charge in [-0.05, 0) is 24.5 Å². The van der Waals surface area contributed by atoms with Gasteiger partial charge in [0, 0.05) is 17.9 Å². The van der Waals surface area contributed by atoms with Gasteiger partial charge in [0.25, 0.3) is 11.7 Å². The lowest BCUT2D eigenvalue weighted by molar-refractivity contribution is -0.121. The summed E-state index contributed by atoms with van der Waals surface area (Å²) in [6.45, 7) is 2.04. The lowest BCUT2D eigenvalue weighted by Crippen LogP contribution is -2.46. The molecule has 0 bridgehead atoms. The number of alkyl halides is 2. The number of carbonyl (C=O) groups excluding carboxylic acids is 2. The fourth-order valence-corrected chi connectivity index (χ4v) is 4.66. The number of fused-ring (bicyclic) bond motifs is 3. The van der Waals surface area contributed by atoms with Gasteiger partial charge in [0.15, 0.2) is 17.4 Å². The number of amides is 2. The molecule has 2 aliphatic rings. The molecule has 7 nitrogen and oxygen atoms in total. The number of hydrogen-bond donors (Lipinski definition) is 1. The average molecular weight is 454 g/mol. The Morgan fingerprint density at radius 1 is 1.42 bits per heavy atom. The third-order valence-electron chi connectivity index (χ3n) is 5.48. The first-order chi connectivity index (χ1) is 14.8. The highest BCUT2D eigenvalue weighted by atomic mass is 32.2. The largest absolute Gasteiger partial charge is 0.488 e. The maximum Gasteiger partial charge on any atom is 0.287 e. The number of thioether (sulfide) groups is 1. The Labute approximate surface area is 180 Å². The Morgan fingerprint density at radius 2 is 2.19 bits per heavy atom. The van der Waals surface area contributed by atoms with Gasteiger partial charge in [-0.3, -0.25) is 14.5 Å². The van der Waals surface area contributed by atoms with E-state index in [0.717, 1.165) is 16.7 Å². The normalized spacial score (nSPS) is 19.5. The number of nitrogens with two attached hydrogens (primary N) is 1. The van der Waals surface area contributed by atoms with Crippen molar-refractivity contribution in [1.29, 1.82) is 0 Å². The van der Waals surface area contributed by atoms with Crippen molar-refractivity contribution < 1.29 is 27.5 Å². The average Bonchev–Trinajstić information content (AvgIpc) is 3.05. The van der Waals surface area contributed by atoms with Crippen LogP contribution in [-0.2, 0) is 17.8 Å². The van der Waals surface area contributed by atoms with Crippen LogP contribution in [0.5, 0.6) is 5.75 Å². The minimum absolute atomic E-state index is 0.0187. The van der Waals surface area contributed by atoms with Crippen LogP contribution in [-0.4, -0.2) is 45.5 Å². The molecule has 2 aliphatic heterocycles. The topological polar surface area (TPSA) is 90.4 Å². The molecule has 3 heterocycles. The van der Waals surface area contributed by atoms with Gasteiger partial charge in [0.05, 0.1) is 12.1 Å². The lowest BCUT2D eigenvalue weighted by Gasteiger charge is -2.32. The van der Waals surface area contributed by atoms with Crippen molar-refractivity contribution in [2.45, 2.75) is 38.8 Å². The number of rotatable bonds is 5. The van der Waals surface area contributed by atoms with Gasteiger partial charge >= 0.3 is 0 Å². The molecule has 2 aromatic rings. The summed E-state index contributed by atoms with van der Waals surface area (Å²) in [5, 5.41) is -0.483. The molecule has 0 saturated carbocycles. The summed E-state index contributed by atoms with van der Waals surface area (Å²) in [7, 11) is 0. The van der Waals surface area contributed by atoms with Crippen LogP contribution in [0.3, 0.4) is 0 Å². The number of anilines is 1. The first-order valence-electron chi connectivity index (χ1n) is 9.83. The van der Waals surface area contributed by atoms with Crippen LogP contribution in [0, 0.1) is 11.7 Å². The second kappa shape index (κ2) is 8.45.